The summed E-state index contributed by atoms with van der Waals surface area (Å²) in [5.41, 5.74) is 7.48. The van der Waals surface area contributed by atoms with Crippen LogP contribution in [0.2, 0.25) is 0 Å². The molecule has 5 heteroatoms. The van der Waals surface area contributed by atoms with Crippen molar-refractivity contribution < 1.29 is 9.53 Å². The van der Waals surface area contributed by atoms with Crippen molar-refractivity contribution in [1.82, 2.24) is 4.98 Å². The van der Waals surface area contributed by atoms with E-state index in [1.807, 2.05) is 20.0 Å². The van der Waals surface area contributed by atoms with Gasteiger partial charge in [0.2, 0.25) is 0 Å². The molecule has 1 aromatic heterocycles. The van der Waals surface area contributed by atoms with E-state index in [-0.39, 0.29) is 0 Å². The van der Waals surface area contributed by atoms with Crippen LogP contribution in [0, 0.1) is 0 Å². The number of ether oxygens (including phenoxy) is 1. The van der Waals surface area contributed by atoms with Crippen molar-refractivity contribution in [2.75, 3.05) is 7.11 Å². The minimum atomic E-state index is -0.607. The Morgan fingerprint density at radius 2 is 2.43 bits per heavy atom. The summed E-state index contributed by atoms with van der Waals surface area (Å²) in [5.74, 6) is -0.398. The molecule has 0 aliphatic carbocycles. The van der Waals surface area contributed by atoms with E-state index < -0.39 is 12.0 Å². The molecule has 0 saturated heterocycles. The third-order valence-electron chi connectivity index (χ3n) is 1.93. The molecule has 2 N–H and O–H groups in total. The molecule has 1 heterocycles. The maximum Gasteiger partial charge on any atom is 0.322 e. The fourth-order valence-corrected chi connectivity index (χ4v) is 1.11. The number of pyridine rings is 1. The van der Waals surface area contributed by atoms with Crippen molar-refractivity contribution in [2.24, 2.45) is 5.73 Å². The van der Waals surface area contributed by atoms with Gasteiger partial charge in [-0.3, -0.25) is 9.78 Å². The second-order valence-corrected chi connectivity index (χ2v) is 3.14. The summed E-state index contributed by atoms with van der Waals surface area (Å²) in [6, 6.07) is 3.19. The van der Waals surface area contributed by atoms with E-state index in [4.69, 9.17) is 5.73 Å². The van der Waals surface area contributed by atoms with Gasteiger partial charge >= 0.3 is 5.97 Å². The minimum absolute atomic E-state index is 0.398. The second-order valence-electron chi connectivity index (χ2n) is 3.14. The summed E-state index contributed by atoms with van der Waals surface area (Å²) < 4.78 is 4.52. The van der Waals surface area contributed by atoms with E-state index in [2.05, 4.69) is 9.72 Å². The van der Waals surface area contributed by atoms with Crippen LogP contribution >= 0.6 is 0 Å². The zero-order chi connectivity index (χ0) is 10.6. The van der Waals surface area contributed by atoms with Gasteiger partial charge in [-0.2, -0.15) is 0 Å². The normalized spacial score (nSPS) is 12.1. The quantitative estimate of drug-likeness (QED) is 0.461. The highest BCUT2D eigenvalue weighted by molar-refractivity contribution is 6.30. The number of hydrogen-bond acceptors (Lipinski definition) is 4. The summed E-state index contributed by atoms with van der Waals surface area (Å²) in [6.45, 7) is 0. The highest BCUT2D eigenvalue weighted by atomic mass is 16.5. The predicted molar refractivity (Wildman–Crippen MR) is 56.1 cm³/mol. The maximum absolute atomic E-state index is 11.0. The van der Waals surface area contributed by atoms with E-state index in [0.29, 0.717) is 6.42 Å². The van der Waals surface area contributed by atoms with Gasteiger partial charge in [0.1, 0.15) is 6.04 Å². The number of rotatable bonds is 3. The molecular weight excluding hydrogens is 179 g/mol. The summed E-state index contributed by atoms with van der Waals surface area (Å²) >= 11 is 0. The summed E-state index contributed by atoms with van der Waals surface area (Å²) in [6.07, 6.45) is 2.18. The zero-order valence-corrected chi connectivity index (χ0v) is 8.36. The fourth-order valence-electron chi connectivity index (χ4n) is 1.11. The lowest BCUT2D eigenvalue weighted by Crippen LogP contribution is -2.33. The van der Waals surface area contributed by atoms with Crippen molar-refractivity contribution in [1.29, 1.82) is 0 Å². The molecule has 0 bridgehead atoms. The van der Waals surface area contributed by atoms with Gasteiger partial charge in [-0.15, -0.1) is 0 Å². The van der Waals surface area contributed by atoms with Gasteiger partial charge in [-0.25, -0.2) is 0 Å². The summed E-state index contributed by atoms with van der Waals surface area (Å²) in [4.78, 5) is 15.1. The number of carbonyl (C=O) groups excluding carboxylic acids is 1. The van der Waals surface area contributed by atoms with Gasteiger partial charge in [-0.05, 0) is 17.6 Å². The first-order chi connectivity index (χ1) is 6.63. The third kappa shape index (κ3) is 2.85. The molecule has 0 amide bonds. The Labute approximate surface area is 83.9 Å². The van der Waals surface area contributed by atoms with Crippen LogP contribution in [0.4, 0.5) is 0 Å². The topological polar surface area (TPSA) is 65.2 Å². The molecule has 0 radical (unpaired) electrons. The number of esters is 1. The van der Waals surface area contributed by atoms with E-state index in [1.165, 1.54) is 7.11 Å². The van der Waals surface area contributed by atoms with E-state index in [0.717, 1.165) is 11.2 Å². The average molecular weight is 192 g/mol. The molecule has 0 saturated carbocycles. The highest BCUT2D eigenvalue weighted by Gasteiger charge is 2.13. The first-order valence-corrected chi connectivity index (χ1v) is 4.38. The number of methoxy groups -OCH3 is 1. The molecule has 0 aliphatic heterocycles. The first-order valence-electron chi connectivity index (χ1n) is 4.38. The Kier molecular flexibility index (Phi) is 3.65. The standard InChI is InChI=1S/C9H13BN2O2/c1-14-9(13)7(11)4-6-2-3-8(10)12-5-6/h2-3,5,7H,4,10-11H2,1H3/t7-/m0/s1. The lowest BCUT2D eigenvalue weighted by Gasteiger charge is -2.08. The number of nitrogens with two attached hydrogens (primary N) is 1. The Balaban J connectivity index is 2.60. The molecule has 0 aromatic carbocycles. The van der Waals surface area contributed by atoms with Crippen LogP contribution in [-0.2, 0) is 16.0 Å². The molecule has 0 unspecified atom stereocenters. The van der Waals surface area contributed by atoms with Crippen LogP contribution in [0.1, 0.15) is 5.56 Å². The SMILES string of the molecule is Bc1ccc(C[C@H](N)C(=O)OC)cn1. The first kappa shape index (κ1) is 10.7. The molecule has 0 fully saturated rings. The van der Waals surface area contributed by atoms with Crippen LogP contribution in [0.15, 0.2) is 18.3 Å². The Morgan fingerprint density at radius 3 is 2.93 bits per heavy atom. The molecule has 1 rings (SSSR count). The summed E-state index contributed by atoms with van der Waals surface area (Å²) in [5, 5.41) is 0. The lowest BCUT2D eigenvalue weighted by atomic mass is 10.0. The lowest BCUT2D eigenvalue weighted by molar-refractivity contribution is -0.142. The van der Waals surface area contributed by atoms with E-state index >= 15 is 0 Å². The van der Waals surface area contributed by atoms with Gasteiger partial charge in [-0.1, -0.05) is 12.1 Å². The molecule has 0 spiro atoms. The van der Waals surface area contributed by atoms with Crippen LogP contribution in [0.5, 0.6) is 0 Å². The van der Waals surface area contributed by atoms with Crippen molar-refractivity contribution in [3.05, 3.63) is 23.9 Å². The number of carbonyl (C=O) groups is 1. The van der Waals surface area contributed by atoms with Gasteiger partial charge in [0.05, 0.1) is 7.11 Å². The Bertz CT molecular complexity index is 313. The maximum atomic E-state index is 11.0. The molecule has 74 valence electrons. The van der Waals surface area contributed by atoms with Gasteiger partial charge in [0, 0.05) is 6.20 Å². The van der Waals surface area contributed by atoms with Crippen LogP contribution in [-0.4, -0.2) is 32.0 Å². The largest absolute Gasteiger partial charge is 0.468 e. The third-order valence-corrected chi connectivity index (χ3v) is 1.93. The van der Waals surface area contributed by atoms with Crippen LogP contribution in [0.3, 0.4) is 0 Å². The monoisotopic (exact) mass is 192 g/mol. The van der Waals surface area contributed by atoms with Crippen molar-refractivity contribution in [3.63, 3.8) is 0 Å². The van der Waals surface area contributed by atoms with E-state index in [1.54, 1.807) is 6.20 Å². The highest BCUT2D eigenvalue weighted by Crippen LogP contribution is 1.99. The van der Waals surface area contributed by atoms with Crippen molar-refractivity contribution in [3.8, 4) is 0 Å². The molecular formula is C9H13BN2O2. The molecule has 1 atom stereocenters. The summed E-state index contributed by atoms with van der Waals surface area (Å²) in [7, 11) is 3.24. The molecule has 4 nitrogen and oxygen atoms in total. The van der Waals surface area contributed by atoms with Gasteiger partial charge in [0.25, 0.3) is 0 Å². The van der Waals surface area contributed by atoms with Crippen LogP contribution in [0.25, 0.3) is 0 Å². The zero-order valence-electron chi connectivity index (χ0n) is 8.36. The molecule has 14 heavy (non-hydrogen) atoms. The van der Waals surface area contributed by atoms with Gasteiger partial charge in [0.15, 0.2) is 7.85 Å². The van der Waals surface area contributed by atoms with Crippen LogP contribution < -0.4 is 11.3 Å². The average Bonchev–Trinajstić information content (AvgIpc) is 2.20. The number of nitrogens with zero attached hydrogens (tertiary/aromatic N) is 1. The smallest absolute Gasteiger partial charge is 0.322 e. The number of aromatic nitrogens is 1. The Morgan fingerprint density at radius 1 is 1.71 bits per heavy atom. The predicted octanol–water partition coefficient (Wildman–Crippen LogP) is -1.62. The second kappa shape index (κ2) is 4.76. The number of hydrogen-bond donors (Lipinski definition) is 1. The fraction of sp³-hybridized carbons (Fsp3) is 0.333. The van der Waals surface area contributed by atoms with Crippen molar-refractivity contribution >= 4 is 19.4 Å². The molecule has 0 aliphatic rings. The van der Waals surface area contributed by atoms with E-state index in [9.17, 15) is 4.79 Å². The van der Waals surface area contributed by atoms with Gasteiger partial charge < -0.3 is 10.5 Å². The molecule has 1 aromatic rings. The minimum Gasteiger partial charge on any atom is -0.468 e. The van der Waals surface area contributed by atoms with Crippen molar-refractivity contribution in [2.45, 2.75) is 12.5 Å². The Hall–Kier alpha value is -1.36.